The molecule has 0 bridgehead atoms. The van der Waals surface area contributed by atoms with Crippen LogP contribution in [0.1, 0.15) is 25.3 Å². The number of aliphatic imine (C=N–C) groups is 1. The zero-order chi connectivity index (χ0) is 17.9. The van der Waals surface area contributed by atoms with Gasteiger partial charge in [0.2, 0.25) is 5.56 Å². The predicted molar refractivity (Wildman–Crippen MR) is 115 cm³/mol. The lowest BCUT2D eigenvalue weighted by Crippen LogP contribution is -2.37. The van der Waals surface area contributed by atoms with Crippen LogP contribution in [0.2, 0.25) is 0 Å². The Hall–Kier alpha value is -1.90. The lowest BCUT2D eigenvalue weighted by molar-refractivity contribution is 0.585. The van der Waals surface area contributed by atoms with Gasteiger partial charge in [-0.3, -0.25) is 4.79 Å². The van der Waals surface area contributed by atoms with Gasteiger partial charge in [0.05, 0.1) is 6.54 Å². The standard InChI is InChI=1S/C19H25FN4O.HI/c1-2-21-19(23-15-16-8-10-17(20)11-9-16)22-12-4-6-14-24-13-5-3-7-18(24)25;/h3,5,7-11,13H,2,4,6,12,14-15H2,1H3,(H2,21,22,23);1H. The van der Waals surface area contributed by atoms with E-state index in [0.717, 1.165) is 37.5 Å². The molecule has 1 aromatic heterocycles. The number of hydrogen-bond donors (Lipinski definition) is 2. The molecule has 1 aromatic carbocycles. The van der Waals surface area contributed by atoms with Crippen LogP contribution in [0.15, 0.2) is 58.4 Å². The van der Waals surface area contributed by atoms with E-state index in [-0.39, 0.29) is 35.4 Å². The minimum Gasteiger partial charge on any atom is -0.357 e. The monoisotopic (exact) mass is 472 g/mol. The van der Waals surface area contributed by atoms with Crippen molar-refractivity contribution in [1.29, 1.82) is 0 Å². The fraction of sp³-hybridized carbons (Fsp3) is 0.368. The van der Waals surface area contributed by atoms with Crippen LogP contribution in [-0.2, 0) is 13.1 Å². The van der Waals surface area contributed by atoms with Crippen molar-refractivity contribution in [2.24, 2.45) is 4.99 Å². The Labute approximate surface area is 170 Å². The average Bonchev–Trinajstić information content (AvgIpc) is 2.62. The maximum atomic E-state index is 12.9. The number of nitrogens with one attached hydrogen (secondary N) is 2. The molecule has 0 atom stereocenters. The number of pyridine rings is 1. The van der Waals surface area contributed by atoms with E-state index in [0.29, 0.717) is 13.1 Å². The Morgan fingerprint density at radius 3 is 2.58 bits per heavy atom. The number of aromatic nitrogens is 1. The maximum Gasteiger partial charge on any atom is 0.250 e. The SMILES string of the molecule is CCNC(=NCc1ccc(F)cc1)NCCCCn1ccccc1=O.I. The predicted octanol–water partition coefficient (Wildman–Crippen LogP) is 3.14. The summed E-state index contributed by atoms with van der Waals surface area (Å²) in [6, 6.07) is 11.5. The van der Waals surface area contributed by atoms with Gasteiger partial charge in [0, 0.05) is 31.9 Å². The van der Waals surface area contributed by atoms with Gasteiger partial charge in [-0.1, -0.05) is 18.2 Å². The molecule has 0 unspecified atom stereocenters. The van der Waals surface area contributed by atoms with Crippen molar-refractivity contribution in [3.63, 3.8) is 0 Å². The zero-order valence-electron chi connectivity index (χ0n) is 15.0. The number of benzene rings is 1. The molecule has 5 nitrogen and oxygen atoms in total. The normalized spacial score (nSPS) is 10.9. The van der Waals surface area contributed by atoms with Gasteiger partial charge in [-0.15, -0.1) is 24.0 Å². The lowest BCUT2D eigenvalue weighted by atomic mass is 10.2. The quantitative estimate of drug-likeness (QED) is 0.269. The van der Waals surface area contributed by atoms with Gasteiger partial charge in [0.25, 0.3) is 0 Å². The maximum absolute atomic E-state index is 12.9. The number of hydrogen-bond acceptors (Lipinski definition) is 2. The molecule has 0 aliphatic heterocycles. The zero-order valence-corrected chi connectivity index (χ0v) is 17.3. The molecule has 26 heavy (non-hydrogen) atoms. The molecule has 0 aliphatic carbocycles. The molecule has 1 heterocycles. The summed E-state index contributed by atoms with van der Waals surface area (Å²) >= 11 is 0. The van der Waals surface area contributed by atoms with Crippen molar-refractivity contribution < 1.29 is 4.39 Å². The summed E-state index contributed by atoms with van der Waals surface area (Å²) in [4.78, 5) is 16.1. The Balaban J connectivity index is 0.00000338. The molecule has 0 radical (unpaired) electrons. The Bertz CT molecular complexity index is 731. The molecule has 0 saturated carbocycles. The van der Waals surface area contributed by atoms with Crippen LogP contribution in [0.3, 0.4) is 0 Å². The second-order valence-corrected chi connectivity index (χ2v) is 5.69. The average molecular weight is 472 g/mol. The van der Waals surface area contributed by atoms with Crippen molar-refractivity contribution >= 4 is 29.9 Å². The van der Waals surface area contributed by atoms with Crippen molar-refractivity contribution in [1.82, 2.24) is 15.2 Å². The third kappa shape index (κ3) is 7.99. The van der Waals surface area contributed by atoms with Crippen LogP contribution in [-0.4, -0.2) is 23.6 Å². The first kappa shape index (κ1) is 22.1. The van der Waals surface area contributed by atoms with Crippen LogP contribution in [0.4, 0.5) is 4.39 Å². The molecular formula is C19H26FIN4O. The van der Waals surface area contributed by atoms with Crippen LogP contribution in [0.25, 0.3) is 0 Å². The number of aryl methyl sites for hydroxylation is 1. The van der Waals surface area contributed by atoms with Crippen molar-refractivity contribution in [2.45, 2.75) is 32.9 Å². The molecule has 2 aromatic rings. The van der Waals surface area contributed by atoms with Gasteiger partial charge in [-0.25, -0.2) is 9.38 Å². The first-order valence-electron chi connectivity index (χ1n) is 8.61. The van der Waals surface area contributed by atoms with Crippen molar-refractivity contribution in [2.75, 3.05) is 13.1 Å². The van der Waals surface area contributed by atoms with Gasteiger partial charge >= 0.3 is 0 Å². The highest BCUT2D eigenvalue weighted by molar-refractivity contribution is 14.0. The number of nitrogens with zero attached hydrogens (tertiary/aromatic N) is 2. The van der Waals surface area contributed by atoms with E-state index >= 15 is 0 Å². The third-order valence-corrected chi connectivity index (χ3v) is 3.69. The summed E-state index contributed by atoms with van der Waals surface area (Å²) < 4.78 is 14.6. The van der Waals surface area contributed by atoms with Crippen molar-refractivity contribution in [3.05, 3.63) is 70.4 Å². The van der Waals surface area contributed by atoms with Gasteiger partial charge < -0.3 is 15.2 Å². The van der Waals surface area contributed by atoms with Gasteiger partial charge in [-0.2, -0.15) is 0 Å². The molecule has 0 fully saturated rings. The topological polar surface area (TPSA) is 58.4 Å². The molecule has 0 amide bonds. The minimum absolute atomic E-state index is 0. The van der Waals surface area contributed by atoms with E-state index < -0.39 is 0 Å². The van der Waals surface area contributed by atoms with Crippen LogP contribution < -0.4 is 16.2 Å². The molecule has 0 spiro atoms. The third-order valence-electron chi connectivity index (χ3n) is 3.69. The summed E-state index contributed by atoms with van der Waals surface area (Å²) in [6.07, 6.45) is 3.65. The van der Waals surface area contributed by atoms with E-state index in [1.54, 1.807) is 28.8 Å². The molecule has 0 saturated heterocycles. The lowest BCUT2D eigenvalue weighted by Gasteiger charge is -2.11. The summed E-state index contributed by atoms with van der Waals surface area (Å²) in [5.41, 5.74) is 0.992. The van der Waals surface area contributed by atoms with Crippen LogP contribution in [0.5, 0.6) is 0 Å². The van der Waals surface area contributed by atoms with Crippen LogP contribution in [0, 0.1) is 5.82 Å². The smallest absolute Gasteiger partial charge is 0.250 e. The number of rotatable bonds is 8. The summed E-state index contributed by atoms with van der Waals surface area (Å²) in [7, 11) is 0. The molecular weight excluding hydrogens is 446 g/mol. The summed E-state index contributed by atoms with van der Waals surface area (Å²) in [5.74, 6) is 0.499. The number of guanidine groups is 1. The largest absolute Gasteiger partial charge is 0.357 e. The molecule has 2 rings (SSSR count). The molecule has 0 aliphatic rings. The minimum atomic E-state index is -0.240. The molecule has 2 N–H and O–H groups in total. The Morgan fingerprint density at radius 2 is 1.88 bits per heavy atom. The van der Waals surface area contributed by atoms with Gasteiger partial charge in [0.1, 0.15) is 5.82 Å². The Morgan fingerprint density at radius 1 is 1.12 bits per heavy atom. The fourth-order valence-electron chi connectivity index (χ4n) is 2.36. The van der Waals surface area contributed by atoms with E-state index in [9.17, 15) is 9.18 Å². The van der Waals surface area contributed by atoms with Gasteiger partial charge in [0.15, 0.2) is 5.96 Å². The van der Waals surface area contributed by atoms with Crippen molar-refractivity contribution in [3.8, 4) is 0 Å². The first-order chi connectivity index (χ1) is 12.2. The highest BCUT2D eigenvalue weighted by Crippen LogP contribution is 2.03. The molecule has 142 valence electrons. The van der Waals surface area contributed by atoms with E-state index in [4.69, 9.17) is 0 Å². The van der Waals surface area contributed by atoms with E-state index in [2.05, 4.69) is 15.6 Å². The van der Waals surface area contributed by atoms with E-state index in [1.807, 2.05) is 19.2 Å². The number of unbranched alkanes of at least 4 members (excludes halogenated alkanes) is 1. The number of halogens is 2. The second kappa shape index (κ2) is 12.5. The summed E-state index contributed by atoms with van der Waals surface area (Å²) in [6.45, 7) is 4.77. The Kier molecular flexibility index (Phi) is 10.6. The highest BCUT2D eigenvalue weighted by atomic mass is 127. The summed E-state index contributed by atoms with van der Waals surface area (Å²) in [5, 5.41) is 6.47. The van der Waals surface area contributed by atoms with Gasteiger partial charge in [-0.05, 0) is 43.5 Å². The first-order valence-corrected chi connectivity index (χ1v) is 8.61. The highest BCUT2D eigenvalue weighted by Gasteiger charge is 1.99. The fourth-order valence-corrected chi connectivity index (χ4v) is 2.36. The second-order valence-electron chi connectivity index (χ2n) is 5.69. The van der Waals surface area contributed by atoms with Crippen LogP contribution >= 0.6 is 24.0 Å². The molecule has 7 heteroatoms. The van der Waals surface area contributed by atoms with E-state index in [1.165, 1.54) is 12.1 Å².